The second-order valence-electron chi connectivity index (χ2n) is 4.48. The Morgan fingerprint density at radius 1 is 0.857 bits per heavy atom. The van der Waals surface area contributed by atoms with E-state index >= 15 is 0 Å². The molecule has 0 spiro atoms. The van der Waals surface area contributed by atoms with Crippen molar-refractivity contribution in [3.05, 3.63) is 52.8 Å². The summed E-state index contributed by atoms with van der Waals surface area (Å²) in [5.41, 5.74) is -1.55. The minimum Gasteiger partial charge on any atom is -0.494 e. The van der Waals surface area contributed by atoms with Crippen molar-refractivity contribution in [2.75, 3.05) is 7.11 Å². The van der Waals surface area contributed by atoms with Crippen LogP contribution >= 0.6 is 0 Å². The van der Waals surface area contributed by atoms with Gasteiger partial charge in [-0.05, 0) is 30.0 Å². The predicted octanol–water partition coefficient (Wildman–Crippen LogP) is 2.09. The fourth-order valence-electron chi connectivity index (χ4n) is 1.98. The van der Waals surface area contributed by atoms with E-state index in [1.807, 2.05) is 0 Å². The Hall–Kier alpha value is -2.05. The molecule has 0 radical (unpaired) electrons. The van der Waals surface area contributed by atoms with Gasteiger partial charge in [-0.3, -0.25) is 0 Å². The van der Waals surface area contributed by atoms with E-state index < -0.39 is 52.9 Å². The van der Waals surface area contributed by atoms with Crippen LogP contribution in [0.3, 0.4) is 0 Å². The van der Waals surface area contributed by atoms with Crippen molar-refractivity contribution in [3.63, 3.8) is 0 Å². The Morgan fingerprint density at radius 3 is 2.10 bits per heavy atom. The van der Waals surface area contributed by atoms with Crippen LogP contribution in [-0.4, -0.2) is 14.4 Å². The first-order valence-corrected chi connectivity index (χ1v) is 6.00. The highest BCUT2D eigenvalue weighted by molar-refractivity contribution is 6.67. The zero-order valence-electron chi connectivity index (χ0n) is 11.2. The summed E-state index contributed by atoms with van der Waals surface area (Å²) in [5, 5.41) is 0. The van der Waals surface area contributed by atoms with Crippen LogP contribution in [0.4, 0.5) is 22.0 Å². The van der Waals surface area contributed by atoms with Crippen LogP contribution in [0, 0.1) is 36.0 Å². The van der Waals surface area contributed by atoms with Crippen molar-refractivity contribution >= 4 is 18.2 Å². The van der Waals surface area contributed by atoms with Crippen molar-refractivity contribution in [1.82, 2.24) is 0 Å². The van der Waals surface area contributed by atoms with E-state index in [1.165, 1.54) is 7.11 Å². The van der Waals surface area contributed by atoms with Gasteiger partial charge in [0.05, 0.1) is 7.11 Å². The van der Waals surface area contributed by atoms with Gasteiger partial charge >= 0.3 is 0 Å². The molecule has 0 heterocycles. The monoisotopic (exact) mass is 300 g/mol. The van der Waals surface area contributed by atoms with Crippen molar-refractivity contribution in [3.8, 4) is 5.75 Å². The topological polar surface area (TPSA) is 9.23 Å². The highest BCUT2D eigenvalue weighted by Crippen LogP contribution is 2.16. The predicted molar refractivity (Wildman–Crippen MR) is 70.4 cm³/mol. The molecule has 0 aliphatic heterocycles. The third kappa shape index (κ3) is 2.72. The summed E-state index contributed by atoms with van der Waals surface area (Å²) < 4.78 is 73.1. The number of benzene rings is 2. The maximum absolute atomic E-state index is 14.0. The van der Waals surface area contributed by atoms with E-state index in [0.717, 1.165) is 19.1 Å². The summed E-state index contributed by atoms with van der Waals surface area (Å²) in [5.74, 6) is -5.66. The molecule has 0 aliphatic carbocycles. The molecule has 2 aromatic rings. The highest BCUT2D eigenvalue weighted by atomic mass is 19.2. The molecular formula is C14H10BF5O. The molecule has 1 nitrogen and oxygen atoms in total. The minimum atomic E-state index is -1.20. The van der Waals surface area contributed by atoms with Gasteiger partial charge < -0.3 is 4.74 Å². The second kappa shape index (κ2) is 5.75. The average molecular weight is 300 g/mol. The number of ether oxygens (including phenoxy) is 1. The molecule has 0 aromatic heterocycles. The normalized spacial score (nSPS) is 10.6. The lowest BCUT2D eigenvalue weighted by Crippen LogP contribution is -2.37. The molecule has 0 fully saturated rings. The van der Waals surface area contributed by atoms with Gasteiger partial charge in [0, 0.05) is 11.6 Å². The van der Waals surface area contributed by atoms with Gasteiger partial charge in [0.15, 0.2) is 11.6 Å². The molecule has 2 aromatic carbocycles. The number of rotatable bonds is 3. The van der Waals surface area contributed by atoms with Gasteiger partial charge in [0.25, 0.3) is 0 Å². The smallest absolute Gasteiger partial charge is 0.207 e. The number of methoxy groups -OCH3 is 1. The number of hydrogen-bond acceptors (Lipinski definition) is 1. The Morgan fingerprint density at radius 2 is 1.48 bits per heavy atom. The van der Waals surface area contributed by atoms with E-state index in [0.29, 0.717) is 6.07 Å². The van der Waals surface area contributed by atoms with Crippen molar-refractivity contribution < 1.29 is 26.7 Å². The van der Waals surface area contributed by atoms with Crippen LogP contribution < -0.4 is 15.7 Å². The van der Waals surface area contributed by atoms with E-state index in [2.05, 4.69) is 0 Å². The van der Waals surface area contributed by atoms with E-state index in [4.69, 9.17) is 4.74 Å². The molecule has 0 saturated heterocycles. The Bertz CT molecular complexity index is 702. The molecule has 0 bridgehead atoms. The Kier molecular flexibility index (Phi) is 4.20. The fraction of sp³-hybridized carbons (Fsp3) is 0.143. The SMILES string of the molecule is COc1ccc(F)c(Bc2c(F)cc(F)c(C)c2F)c1F. The van der Waals surface area contributed by atoms with Gasteiger partial charge in [-0.2, -0.15) is 0 Å². The van der Waals surface area contributed by atoms with Crippen LogP contribution in [0.2, 0.25) is 0 Å². The molecule has 2 rings (SSSR count). The molecule has 7 heteroatoms. The lowest BCUT2D eigenvalue weighted by Gasteiger charge is -2.11. The standard InChI is InChI=1S/C14H10BF5O/c1-6-8(17)5-9(18)12(13(6)19)15-11-7(16)3-4-10(21-2)14(11)20/h3-5,15H,1-2H3. The van der Waals surface area contributed by atoms with Gasteiger partial charge in [0.1, 0.15) is 23.3 Å². The Balaban J connectivity index is 2.56. The summed E-state index contributed by atoms with van der Waals surface area (Å²) in [6.45, 7) is 1.12. The third-order valence-corrected chi connectivity index (χ3v) is 3.22. The van der Waals surface area contributed by atoms with Crippen LogP contribution in [0.15, 0.2) is 18.2 Å². The maximum Gasteiger partial charge on any atom is 0.207 e. The first-order valence-electron chi connectivity index (χ1n) is 6.00. The summed E-state index contributed by atoms with van der Waals surface area (Å²) in [6.07, 6.45) is 0. The second-order valence-corrected chi connectivity index (χ2v) is 4.48. The van der Waals surface area contributed by atoms with Crippen molar-refractivity contribution in [2.24, 2.45) is 0 Å². The third-order valence-electron chi connectivity index (χ3n) is 3.22. The van der Waals surface area contributed by atoms with Gasteiger partial charge in [-0.25, -0.2) is 22.0 Å². The molecule has 0 N–H and O–H groups in total. The molecular weight excluding hydrogens is 290 g/mol. The molecule has 110 valence electrons. The summed E-state index contributed by atoms with van der Waals surface area (Å²) in [4.78, 5) is 0. The molecule has 0 aliphatic rings. The lowest BCUT2D eigenvalue weighted by molar-refractivity contribution is 0.386. The average Bonchev–Trinajstić information content (AvgIpc) is 2.44. The number of halogens is 5. The Labute approximate surface area is 118 Å². The fourth-order valence-corrected chi connectivity index (χ4v) is 1.98. The van der Waals surface area contributed by atoms with Crippen molar-refractivity contribution in [2.45, 2.75) is 6.92 Å². The quantitative estimate of drug-likeness (QED) is 0.623. The van der Waals surface area contributed by atoms with Gasteiger partial charge in [-0.1, -0.05) is 0 Å². The van der Waals surface area contributed by atoms with E-state index in [9.17, 15) is 22.0 Å². The van der Waals surface area contributed by atoms with Crippen LogP contribution in [0.5, 0.6) is 5.75 Å². The minimum absolute atomic E-state index is 0.244. The zero-order chi connectivity index (χ0) is 15.7. The summed E-state index contributed by atoms with van der Waals surface area (Å²) in [6, 6.07) is 2.49. The van der Waals surface area contributed by atoms with Gasteiger partial charge in [-0.15, -0.1) is 0 Å². The zero-order valence-corrected chi connectivity index (χ0v) is 11.2. The first kappa shape index (κ1) is 15.3. The van der Waals surface area contributed by atoms with E-state index in [1.54, 1.807) is 0 Å². The van der Waals surface area contributed by atoms with Gasteiger partial charge in [0.2, 0.25) is 7.28 Å². The summed E-state index contributed by atoms with van der Waals surface area (Å²) >= 11 is 0. The molecule has 0 unspecified atom stereocenters. The molecule has 0 saturated carbocycles. The molecule has 0 atom stereocenters. The lowest BCUT2D eigenvalue weighted by atomic mass is 9.62. The highest BCUT2D eigenvalue weighted by Gasteiger charge is 2.22. The molecule has 21 heavy (non-hydrogen) atoms. The van der Waals surface area contributed by atoms with Crippen molar-refractivity contribution in [1.29, 1.82) is 0 Å². The largest absolute Gasteiger partial charge is 0.494 e. The van der Waals surface area contributed by atoms with Crippen LogP contribution in [0.25, 0.3) is 0 Å². The van der Waals surface area contributed by atoms with E-state index in [-0.39, 0.29) is 5.75 Å². The maximum atomic E-state index is 14.0. The first-order chi connectivity index (χ1) is 9.86. The number of hydrogen-bond donors (Lipinski definition) is 0. The molecule has 0 amide bonds. The summed E-state index contributed by atoms with van der Waals surface area (Å²) in [7, 11) is 0.497. The van der Waals surface area contributed by atoms with Crippen LogP contribution in [-0.2, 0) is 0 Å². The van der Waals surface area contributed by atoms with Crippen LogP contribution in [0.1, 0.15) is 5.56 Å².